The van der Waals surface area contributed by atoms with Gasteiger partial charge in [-0.15, -0.1) is 5.10 Å². The first-order valence-corrected chi connectivity index (χ1v) is 5.61. The Hall–Kier alpha value is -1.62. The quantitative estimate of drug-likeness (QED) is 0.769. The Balaban J connectivity index is 2.44. The SMILES string of the molecule is CCc1nnsc1C(=O)c1ccccc1F. The van der Waals surface area contributed by atoms with Crippen molar-refractivity contribution >= 4 is 17.3 Å². The van der Waals surface area contributed by atoms with Crippen LogP contribution in [0.5, 0.6) is 0 Å². The molecule has 2 aromatic rings. The van der Waals surface area contributed by atoms with Gasteiger partial charge in [0.2, 0.25) is 5.78 Å². The van der Waals surface area contributed by atoms with Crippen molar-refractivity contribution in [3.8, 4) is 0 Å². The average Bonchev–Trinajstić information content (AvgIpc) is 2.77. The number of halogens is 1. The molecule has 0 aliphatic rings. The second-order valence-corrected chi connectivity index (χ2v) is 3.97. The van der Waals surface area contributed by atoms with Crippen LogP contribution in [0.4, 0.5) is 4.39 Å². The van der Waals surface area contributed by atoms with Gasteiger partial charge in [0.1, 0.15) is 10.7 Å². The van der Waals surface area contributed by atoms with Gasteiger partial charge in [0.15, 0.2) is 0 Å². The van der Waals surface area contributed by atoms with E-state index < -0.39 is 5.82 Å². The molecule has 0 atom stereocenters. The number of carbonyl (C=O) groups excluding carboxylic acids is 1. The third-order valence-corrected chi connectivity index (χ3v) is 2.98. The maximum absolute atomic E-state index is 13.4. The van der Waals surface area contributed by atoms with Crippen molar-refractivity contribution in [2.75, 3.05) is 0 Å². The summed E-state index contributed by atoms with van der Waals surface area (Å²) in [5.74, 6) is -0.854. The second kappa shape index (κ2) is 4.49. The van der Waals surface area contributed by atoms with E-state index in [2.05, 4.69) is 9.59 Å². The Kier molecular flexibility index (Phi) is 3.05. The summed E-state index contributed by atoms with van der Waals surface area (Å²) in [5.41, 5.74) is 0.696. The smallest absolute Gasteiger partial charge is 0.209 e. The van der Waals surface area contributed by atoms with Crippen LogP contribution in [-0.4, -0.2) is 15.4 Å². The maximum atomic E-state index is 13.4. The topological polar surface area (TPSA) is 42.9 Å². The molecule has 1 heterocycles. The van der Waals surface area contributed by atoms with E-state index >= 15 is 0 Å². The number of hydrogen-bond donors (Lipinski definition) is 0. The molecule has 2 rings (SSSR count). The summed E-state index contributed by atoms with van der Waals surface area (Å²) in [6.07, 6.45) is 0.617. The van der Waals surface area contributed by atoms with E-state index in [0.29, 0.717) is 17.0 Å². The largest absolute Gasteiger partial charge is 0.287 e. The molecule has 3 nitrogen and oxygen atoms in total. The van der Waals surface area contributed by atoms with Crippen molar-refractivity contribution in [3.63, 3.8) is 0 Å². The van der Waals surface area contributed by atoms with Crippen molar-refractivity contribution < 1.29 is 9.18 Å². The Bertz CT molecular complexity index is 524. The predicted octanol–water partition coefficient (Wildman–Crippen LogP) is 2.47. The zero-order valence-corrected chi connectivity index (χ0v) is 9.42. The van der Waals surface area contributed by atoms with E-state index in [-0.39, 0.29) is 11.3 Å². The molecule has 0 N–H and O–H groups in total. The van der Waals surface area contributed by atoms with Gasteiger partial charge in [0.25, 0.3) is 0 Å². The first kappa shape index (κ1) is 10.9. The average molecular weight is 236 g/mol. The molecule has 1 aromatic carbocycles. The molecule has 16 heavy (non-hydrogen) atoms. The fourth-order valence-electron chi connectivity index (χ4n) is 1.38. The first-order valence-electron chi connectivity index (χ1n) is 4.84. The van der Waals surface area contributed by atoms with E-state index in [4.69, 9.17) is 0 Å². The summed E-state index contributed by atoms with van der Waals surface area (Å²) in [5, 5.41) is 3.84. The molecule has 0 spiro atoms. The molecule has 0 aliphatic carbocycles. The second-order valence-electron chi connectivity index (χ2n) is 3.21. The number of ketones is 1. The lowest BCUT2D eigenvalue weighted by atomic mass is 10.1. The van der Waals surface area contributed by atoms with Gasteiger partial charge in [0, 0.05) is 0 Å². The minimum atomic E-state index is -0.511. The van der Waals surface area contributed by atoms with Crippen molar-refractivity contribution in [2.24, 2.45) is 0 Å². The molecule has 0 fully saturated rings. The number of hydrogen-bond acceptors (Lipinski definition) is 4. The lowest BCUT2D eigenvalue weighted by Crippen LogP contribution is -2.04. The van der Waals surface area contributed by atoms with Crippen molar-refractivity contribution in [3.05, 3.63) is 46.2 Å². The van der Waals surface area contributed by atoms with Gasteiger partial charge >= 0.3 is 0 Å². The zero-order valence-electron chi connectivity index (χ0n) is 8.61. The molecule has 0 amide bonds. The van der Waals surface area contributed by atoms with Crippen LogP contribution < -0.4 is 0 Å². The highest BCUT2D eigenvalue weighted by Gasteiger charge is 2.19. The molecule has 5 heteroatoms. The molecule has 0 aliphatic heterocycles. The van der Waals surface area contributed by atoms with E-state index in [1.165, 1.54) is 12.1 Å². The van der Waals surface area contributed by atoms with Crippen LogP contribution >= 0.6 is 11.5 Å². The normalized spacial score (nSPS) is 10.4. The number of nitrogens with zero attached hydrogens (tertiary/aromatic N) is 2. The molecule has 0 unspecified atom stereocenters. The summed E-state index contributed by atoms with van der Waals surface area (Å²) in [6, 6.07) is 5.93. The third kappa shape index (κ3) is 1.86. The van der Waals surface area contributed by atoms with Gasteiger partial charge in [-0.25, -0.2) is 4.39 Å². The van der Waals surface area contributed by atoms with Crippen LogP contribution in [0.2, 0.25) is 0 Å². The van der Waals surface area contributed by atoms with Gasteiger partial charge in [-0.2, -0.15) is 0 Å². The molecule has 0 radical (unpaired) electrons. The minimum absolute atomic E-state index is 0.0725. The molecule has 1 aromatic heterocycles. The van der Waals surface area contributed by atoms with Crippen LogP contribution in [0.25, 0.3) is 0 Å². The highest BCUT2D eigenvalue weighted by Crippen LogP contribution is 2.18. The summed E-state index contributed by atoms with van der Waals surface area (Å²) in [6.45, 7) is 1.88. The Morgan fingerprint density at radius 3 is 2.88 bits per heavy atom. The van der Waals surface area contributed by atoms with Crippen molar-refractivity contribution in [1.82, 2.24) is 9.59 Å². The third-order valence-electron chi connectivity index (χ3n) is 2.22. The summed E-state index contributed by atoms with van der Waals surface area (Å²) in [7, 11) is 0. The standard InChI is InChI=1S/C11H9FN2OS/c1-2-9-11(16-14-13-9)10(15)7-5-3-4-6-8(7)12/h3-6H,2H2,1H3. The molecular weight excluding hydrogens is 227 g/mol. The zero-order chi connectivity index (χ0) is 11.5. The van der Waals surface area contributed by atoms with E-state index in [0.717, 1.165) is 11.5 Å². The minimum Gasteiger partial charge on any atom is -0.287 e. The van der Waals surface area contributed by atoms with Crippen molar-refractivity contribution in [1.29, 1.82) is 0 Å². The van der Waals surface area contributed by atoms with E-state index in [1.807, 2.05) is 6.92 Å². The Labute approximate surface area is 96.1 Å². The van der Waals surface area contributed by atoms with Crippen LogP contribution in [-0.2, 0) is 6.42 Å². The summed E-state index contributed by atoms with van der Waals surface area (Å²) >= 11 is 1.01. The monoisotopic (exact) mass is 236 g/mol. The van der Waals surface area contributed by atoms with E-state index in [9.17, 15) is 9.18 Å². The fourth-order valence-corrected chi connectivity index (χ4v) is 2.08. The lowest BCUT2D eigenvalue weighted by molar-refractivity contribution is 0.103. The van der Waals surface area contributed by atoms with Crippen LogP contribution in [0, 0.1) is 5.82 Å². The Morgan fingerprint density at radius 1 is 1.44 bits per heavy atom. The molecular formula is C11H9FN2OS. The molecule has 0 saturated heterocycles. The predicted molar refractivity (Wildman–Crippen MR) is 59.1 cm³/mol. The van der Waals surface area contributed by atoms with Gasteiger partial charge in [0.05, 0.1) is 11.3 Å². The van der Waals surface area contributed by atoms with Crippen LogP contribution in [0.3, 0.4) is 0 Å². The highest BCUT2D eigenvalue weighted by molar-refractivity contribution is 7.08. The first-order chi connectivity index (χ1) is 7.74. The number of carbonyl (C=O) groups is 1. The van der Waals surface area contributed by atoms with Crippen molar-refractivity contribution in [2.45, 2.75) is 13.3 Å². The molecule has 82 valence electrons. The number of benzene rings is 1. The lowest BCUT2D eigenvalue weighted by Gasteiger charge is -2.00. The van der Waals surface area contributed by atoms with Gasteiger partial charge in [-0.3, -0.25) is 4.79 Å². The number of aromatic nitrogens is 2. The maximum Gasteiger partial charge on any atom is 0.209 e. The van der Waals surface area contributed by atoms with E-state index in [1.54, 1.807) is 12.1 Å². The van der Waals surface area contributed by atoms with Gasteiger partial charge in [-0.1, -0.05) is 23.5 Å². The van der Waals surface area contributed by atoms with Crippen LogP contribution in [0.1, 0.15) is 27.9 Å². The Morgan fingerprint density at radius 2 is 2.19 bits per heavy atom. The van der Waals surface area contributed by atoms with Gasteiger partial charge in [-0.05, 0) is 30.1 Å². The molecule has 0 bridgehead atoms. The number of rotatable bonds is 3. The summed E-state index contributed by atoms with van der Waals surface area (Å²) < 4.78 is 17.1. The summed E-state index contributed by atoms with van der Waals surface area (Å²) in [4.78, 5) is 12.4. The number of aryl methyl sites for hydroxylation is 1. The van der Waals surface area contributed by atoms with Crippen LogP contribution in [0.15, 0.2) is 24.3 Å². The highest BCUT2D eigenvalue weighted by atomic mass is 32.1. The van der Waals surface area contributed by atoms with Gasteiger partial charge < -0.3 is 0 Å². The molecule has 0 saturated carbocycles. The fraction of sp³-hybridized carbons (Fsp3) is 0.182.